The average molecular weight is 335 g/mol. The van der Waals surface area contributed by atoms with E-state index in [4.69, 9.17) is 32.7 Å². The van der Waals surface area contributed by atoms with Gasteiger partial charge in [0.05, 0.1) is 5.92 Å². The lowest BCUT2D eigenvalue weighted by molar-refractivity contribution is -0.0118. The Morgan fingerprint density at radius 1 is 1.05 bits per heavy atom. The molecule has 0 saturated heterocycles. The number of halogens is 2. The zero-order chi connectivity index (χ0) is 15.4. The van der Waals surface area contributed by atoms with Crippen molar-refractivity contribution in [2.45, 2.75) is 23.0 Å². The van der Waals surface area contributed by atoms with E-state index in [1.807, 2.05) is 61.5 Å². The minimum atomic E-state index is -0.990. The molecule has 2 aromatic rings. The smallest absolute Gasteiger partial charge is 0.161 e. The fourth-order valence-corrected chi connectivity index (χ4v) is 4.61. The highest BCUT2D eigenvalue weighted by Crippen LogP contribution is 2.77. The Morgan fingerprint density at radius 2 is 1.73 bits per heavy atom. The molecule has 1 aliphatic carbocycles. The molecule has 1 heterocycles. The Labute approximate surface area is 140 Å². The highest BCUT2D eigenvalue weighted by molar-refractivity contribution is 6.52. The molecule has 1 fully saturated rings. The summed E-state index contributed by atoms with van der Waals surface area (Å²) in [6, 6.07) is 17.9. The van der Waals surface area contributed by atoms with Crippen molar-refractivity contribution in [3.8, 4) is 5.75 Å². The van der Waals surface area contributed by atoms with Gasteiger partial charge in [-0.2, -0.15) is 0 Å². The van der Waals surface area contributed by atoms with Crippen molar-refractivity contribution >= 4 is 23.2 Å². The van der Waals surface area contributed by atoms with Crippen molar-refractivity contribution in [1.82, 2.24) is 0 Å². The van der Waals surface area contributed by atoms with Crippen LogP contribution in [0.25, 0.3) is 0 Å². The van der Waals surface area contributed by atoms with Crippen LogP contribution in [0.3, 0.4) is 0 Å². The molecule has 0 amide bonds. The summed E-state index contributed by atoms with van der Waals surface area (Å²) in [6.07, 6.45) is -0.211. The summed E-state index contributed by atoms with van der Waals surface area (Å²) in [4.78, 5) is 0. The van der Waals surface area contributed by atoms with Crippen LogP contribution in [-0.4, -0.2) is 10.9 Å². The van der Waals surface area contributed by atoms with Crippen LogP contribution in [0.5, 0.6) is 5.75 Å². The van der Waals surface area contributed by atoms with Gasteiger partial charge in [0.15, 0.2) is 4.33 Å². The Balaban J connectivity index is 1.88. The lowest BCUT2D eigenvalue weighted by Gasteiger charge is -2.31. The van der Waals surface area contributed by atoms with Crippen molar-refractivity contribution in [2.75, 3.05) is 6.61 Å². The molecule has 1 aliphatic heterocycles. The third kappa shape index (κ3) is 1.72. The molecule has 0 aromatic heterocycles. The van der Waals surface area contributed by atoms with Crippen molar-refractivity contribution < 1.29 is 9.47 Å². The van der Waals surface area contributed by atoms with Gasteiger partial charge in [-0.15, -0.1) is 0 Å². The summed E-state index contributed by atoms with van der Waals surface area (Å²) >= 11 is 13.4. The fourth-order valence-electron chi connectivity index (χ4n) is 3.63. The molecule has 2 aromatic carbocycles. The third-order valence-corrected chi connectivity index (χ3v) is 5.62. The number of benzene rings is 2. The van der Waals surface area contributed by atoms with Crippen LogP contribution in [0.4, 0.5) is 0 Å². The Hall–Kier alpha value is -1.22. The monoisotopic (exact) mass is 334 g/mol. The van der Waals surface area contributed by atoms with Gasteiger partial charge in [0.25, 0.3) is 0 Å². The van der Waals surface area contributed by atoms with Crippen molar-refractivity contribution in [1.29, 1.82) is 0 Å². The first-order valence-corrected chi connectivity index (χ1v) is 8.21. The van der Waals surface area contributed by atoms with E-state index in [-0.39, 0.29) is 12.0 Å². The highest BCUT2D eigenvalue weighted by Gasteiger charge is 2.83. The summed E-state index contributed by atoms with van der Waals surface area (Å²) in [6.45, 7) is 2.51. The minimum Gasteiger partial charge on any atom is -0.485 e. The number of hydrogen-bond donors (Lipinski definition) is 0. The molecule has 0 N–H and O–H groups in total. The van der Waals surface area contributed by atoms with Crippen LogP contribution in [0, 0.1) is 5.92 Å². The van der Waals surface area contributed by atoms with Crippen LogP contribution in [0.2, 0.25) is 0 Å². The summed E-state index contributed by atoms with van der Waals surface area (Å²) < 4.78 is 11.3. The SMILES string of the molecule is CCO[C@]12c3ccccc3O[C@@H](c3ccccc3)[C@H]1C2(Cl)Cl. The maximum absolute atomic E-state index is 6.68. The summed E-state index contributed by atoms with van der Waals surface area (Å²) in [5, 5.41) is 0. The van der Waals surface area contributed by atoms with Crippen molar-refractivity contribution in [3.63, 3.8) is 0 Å². The molecule has 2 aliphatic rings. The third-order valence-electron chi connectivity index (χ3n) is 4.58. The van der Waals surface area contributed by atoms with E-state index in [1.165, 1.54) is 0 Å². The summed E-state index contributed by atoms with van der Waals surface area (Å²) in [5.74, 6) is 0.671. The lowest BCUT2D eigenvalue weighted by atomic mass is 9.95. The van der Waals surface area contributed by atoms with Crippen molar-refractivity contribution in [3.05, 3.63) is 65.7 Å². The first-order chi connectivity index (χ1) is 10.6. The van der Waals surface area contributed by atoms with Gasteiger partial charge in [-0.25, -0.2) is 0 Å². The first kappa shape index (κ1) is 14.4. The molecule has 0 bridgehead atoms. The molecule has 2 nitrogen and oxygen atoms in total. The van der Waals surface area contributed by atoms with Gasteiger partial charge in [0.2, 0.25) is 0 Å². The highest BCUT2D eigenvalue weighted by atomic mass is 35.5. The van der Waals surface area contributed by atoms with Crippen LogP contribution in [0.15, 0.2) is 54.6 Å². The molecule has 4 heteroatoms. The van der Waals surface area contributed by atoms with Gasteiger partial charge >= 0.3 is 0 Å². The summed E-state index contributed by atoms with van der Waals surface area (Å²) in [5.41, 5.74) is 1.31. The van der Waals surface area contributed by atoms with Crippen LogP contribution < -0.4 is 4.74 Å². The van der Waals surface area contributed by atoms with E-state index in [0.717, 1.165) is 16.9 Å². The Morgan fingerprint density at radius 3 is 2.45 bits per heavy atom. The molecule has 0 spiro atoms. The molecule has 0 unspecified atom stereocenters. The standard InChI is InChI=1S/C18H16Cl2O2/c1-2-21-17-13-10-6-7-11-14(13)22-15(16(17)18(17,19)20)12-8-4-3-5-9-12/h3-11,15-16H,2H2,1H3/t15-,16+,17+/m0/s1. The Bertz CT molecular complexity index is 701. The van der Waals surface area contributed by atoms with Gasteiger partial charge in [0, 0.05) is 12.2 Å². The zero-order valence-corrected chi connectivity index (χ0v) is 13.6. The van der Waals surface area contributed by atoms with Gasteiger partial charge in [-0.05, 0) is 18.6 Å². The number of hydrogen-bond acceptors (Lipinski definition) is 2. The molecular weight excluding hydrogens is 319 g/mol. The summed E-state index contributed by atoms with van der Waals surface area (Å²) in [7, 11) is 0. The number of ether oxygens (including phenoxy) is 2. The van der Waals surface area contributed by atoms with E-state index in [9.17, 15) is 0 Å². The van der Waals surface area contributed by atoms with E-state index in [1.54, 1.807) is 0 Å². The predicted octanol–water partition coefficient (Wildman–Crippen LogP) is 4.86. The second-order valence-corrected chi connectivity index (χ2v) is 7.10. The van der Waals surface area contributed by atoms with Gasteiger partial charge in [-0.3, -0.25) is 0 Å². The molecule has 0 radical (unpaired) electrons. The second-order valence-electron chi connectivity index (χ2n) is 5.71. The van der Waals surface area contributed by atoms with Crippen LogP contribution >= 0.6 is 23.2 Å². The van der Waals surface area contributed by atoms with E-state index in [2.05, 4.69) is 0 Å². The topological polar surface area (TPSA) is 18.5 Å². The van der Waals surface area contributed by atoms with Gasteiger partial charge in [0.1, 0.15) is 17.5 Å². The molecular formula is C18H16Cl2O2. The van der Waals surface area contributed by atoms with Gasteiger partial charge in [-0.1, -0.05) is 71.7 Å². The number of fused-ring (bicyclic) bond motifs is 3. The quantitative estimate of drug-likeness (QED) is 0.746. The lowest BCUT2D eigenvalue weighted by Crippen LogP contribution is -2.27. The van der Waals surface area contributed by atoms with Crippen LogP contribution in [-0.2, 0) is 10.3 Å². The minimum absolute atomic E-state index is 0.124. The predicted molar refractivity (Wildman–Crippen MR) is 87.5 cm³/mol. The number of alkyl halides is 2. The largest absolute Gasteiger partial charge is 0.485 e. The fraction of sp³-hybridized carbons (Fsp3) is 0.333. The molecule has 1 saturated carbocycles. The average Bonchev–Trinajstić information content (AvgIpc) is 3.05. The van der Waals surface area contributed by atoms with Crippen molar-refractivity contribution in [2.24, 2.45) is 5.92 Å². The maximum atomic E-state index is 6.68. The molecule has 4 rings (SSSR count). The molecule has 114 valence electrons. The van der Waals surface area contributed by atoms with E-state index >= 15 is 0 Å². The first-order valence-electron chi connectivity index (χ1n) is 7.46. The van der Waals surface area contributed by atoms with Crippen LogP contribution in [0.1, 0.15) is 24.2 Å². The second kappa shape index (κ2) is 4.89. The Kier molecular flexibility index (Phi) is 3.19. The zero-order valence-electron chi connectivity index (χ0n) is 12.1. The normalized spacial score (nSPS) is 30.9. The van der Waals surface area contributed by atoms with E-state index < -0.39 is 9.93 Å². The maximum Gasteiger partial charge on any atom is 0.161 e. The number of para-hydroxylation sites is 1. The molecule has 22 heavy (non-hydrogen) atoms. The van der Waals surface area contributed by atoms with Gasteiger partial charge < -0.3 is 9.47 Å². The molecule has 3 atom stereocenters. The van der Waals surface area contributed by atoms with E-state index in [0.29, 0.717) is 6.61 Å². The number of rotatable bonds is 3.